The Labute approximate surface area is 113 Å². The molecule has 3 N–H and O–H groups in total. The van der Waals surface area contributed by atoms with E-state index in [9.17, 15) is 0 Å². The summed E-state index contributed by atoms with van der Waals surface area (Å²) in [6.45, 7) is 0. The van der Waals surface area contributed by atoms with Crippen molar-refractivity contribution in [2.45, 2.75) is 6.04 Å². The quantitative estimate of drug-likeness (QED) is 0.675. The van der Waals surface area contributed by atoms with Gasteiger partial charge < -0.3 is 0 Å². The molecule has 90 valence electrons. The van der Waals surface area contributed by atoms with E-state index in [-0.39, 0.29) is 6.04 Å². The van der Waals surface area contributed by atoms with E-state index in [4.69, 9.17) is 17.4 Å². The highest BCUT2D eigenvalue weighted by atomic mass is 79.9. The Morgan fingerprint density at radius 2 is 2.29 bits per heavy atom. The third kappa shape index (κ3) is 2.52. The number of hydrazine groups is 1. The molecule has 0 aliphatic rings. The number of aromatic nitrogens is 2. The molecule has 0 fully saturated rings. The third-order valence-corrected chi connectivity index (χ3v) is 3.41. The topological polar surface area (TPSA) is 55.9 Å². The minimum atomic E-state index is -0.157. The molecule has 17 heavy (non-hydrogen) atoms. The van der Waals surface area contributed by atoms with Gasteiger partial charge in [-0.25, -0.2) is 5.43 Å². The highest BCUT2D eigenvalue weighted by Crippen LogP contribution is 2.28. The molecule has 1 atom stereocenters. The van der Waals surface area contributed by atoms with E-state index in [2.05, 4.69) is 26.5 Å². The molecule has 0 spiro atoms. The number of nitrogens with zero attached hydrogens (tertiary/aromatic N) is 2. The number of hydrogen-bond acceptors (Lipinski definition) is 3. The largest absolute Gasteiger partial charge is 0.271 e. The van der Waals surface area contributed by atoms with Crippen LogP contribution in [0.15, 0.2) is 34.9 Å². The van der Waals surface area contributed by atoms with Gasteiger partial charge in [-0.05, 0) is 33.6 Å². The third-order valence-electron chi connectivity index (χ3n) is 2.56. The van der Waals surface area contributed by atoms with Gasteiger partial charge in [0, 0.05) is 12.1 Å². The highest BCUT2D eigenvalue weighted by molar-refractivity contribution is 9.10. The van der Waals surface area contributed by atoms with Crippen molar-refractivity contribution in [3.05, 3.63) is 51.2 Å². The van der Waals surface area contributed by atoms with E-state index in [1.54, 1.807) is 10.9 Å². The normalized spacial score (nSPS) is 12.7. The van der Waals surface area contributed by atoms with Crippen molar-refractivity contribution in [3.8, 4) is 0 Å². The Hall–Kier alpha value is -0.880. The Balaban J connectivity index is 2.47. The van der Waals surface area contributed by atoms with Crippen molar-refractivity contribution in [1.29, 1.82) is 0 Å². The van der Waals surface area contributed by atoms with Gasteiger partial charge in [0.05, 0.1) is 22.4 Å². The lowest BCUT2D eigenvalue weighted by Gasteiger charge is -2.17. The zero-order chi connectivity index (χ0) is 12.4. The first-order valence-corrected chi connectivity index (χ1v) is 6.19. The first-order chi connectivity index (χ1) is 8.13. The molecule has 0 saturated heterocycles. The molecule has 1 unspecified atom stereocenters. The molecular weight excluding hydrogens is 304 g/mol. The fraction of sp³-hybridized carbons (Fsp3) is 0.182. The second kappa shape index (κ2) is 5.18. The lowest BCUT2D eigenvalue weighted by atomic mass is 10.0. The second-order valence-electron chi connectivity index (χ2n) is 3.66. The Bertz CT molecular complexity index is 506. The fourth-order valence-corrected chi connectivity index (χ4v) is 2.54. The van der Waals surface area contributed by atoms with E-state index in [1.165, 1.54) is 0 Å². The zero-order valence-electron chi connectivity index (χ0n) is 9.19. The summed E-state index contributed by atoms with van der Waals surface area (Å²) in [7, 11) is 1.87. The smallest absolute Gasteiger partial charge is 0.0890 e. The van der Waals surface area contributed by atoms with Crippen LogP contribution in [0.3, 0.4) is 0 Å². The SMILES string of the molecule is Cn1ncc(Br)c1C(NN)c1cccc(Cl)c1. The lowest BCUT2D eigenvalue weighted by molar-refractivity contribution is 0.573. The van der Waals surface area contributed by atoms with Crippen LogP contribution in [0.1, 0.15) is 17.3 Å². The number of nitrogens with one attached hydrogen (secondary N) is 1. The van der Waals surface area contributed by atoms with Crippen LogP contribution in [0.2, 0.25) is 5.02 Å². The predicted octanol–water partition coefficient (Wildman–Crippen LogP) is 2.39. The summed E-state index contributed by atoms with van der Waals surface area (Å²) < 4.78 is 2.68. The molecule has 0 aliphatic heterocycles. The molecule has 6 heteroatoms. The maximum absolute atomic E-state index is 5.98. The molecule has 1 heterocycles. The number of hydrogen-bond donors (Lipinski definition) is 2. The molecular formula is C11H12BrClN4. The van der Waals surface area contributed by atoms with Crippen molar-refractivity contribution < 1.29 is 0 Å². The van der Waals surface area contributed by atoms with Gasteiger partial charge in [-0.1, -0.05) is 23.7 Å². The van der Waals surface area contributed by atoms with E-state index >= 15 is 0 Å². The predicted molar refractivity (Wildman–Crippen MR) is 71.5 cm³/mol. The Kier molecular flexibility index (Phi) is 3.83. The van der Waals surface area contributed by atoms with Crippen LogP contribution in [-0.4, -0.2) is 9.78 Å². The van der Waals surface area contributed by atoms with Gasteiger partial charge >= 0.3 is 0 Å². The van der Waals surface area contributed by atoms with Crippen molar-refractivity contribution in [2.75, 3.05) is 0 Å². The van der Waals surface area contributed by atoms with Crippen LogP contribution >= 0.6 is 27.5 Å². The van der Waals surface area contributed by atoms with Crippen molar-refractivity contribution in [3.63, 3.8) is 0 Å². The average molecular weight is 316 g/mol. The first kappa shape index (κ1) is 12.6. The first-order valence-electron chi connectivity index (χ1n) is 5.02. The number of halogens is 2. The summed E-state index contributed by atoms with van der Waals surface area (Å²) in [5, 5.41) is 4.86. The fourth-order valence-electron chi connectivity index (χ4n) is 1.76. The van der Waals surface area contributed by atoms with Gasteiger partial charge in [0.15, 0.2) is 0 Å². The van der Waals surface area contributed by atoms with Crippen LogP contribution < -0.4 is 11.3 Å². The number of nitrogens with two attached hydrogens (primary N) is 1. The highest BCUT2D eigenvalue weighted by Gasteiger charge is 2.19. The van der Waals surface area contributed by atoms with Crippen LogP contribution in [0, 0.1) is 0 Å². The molecule has 1 aromatic carbocycles. The molecule has 0 saturated carbocycles. The van der Waals surface area contributed by atoms with Crippen LogP contribution in [0.5, 0.6) is 0 Å². The summed E-state index contributed by atoms with van der Waals surface area (Å²) in [5.41, 5.74) is 4.72. The molecule has 0 aliphatic carbocycles. The Morgan fingerprint density at radius 1 is 1.53 bits per heavy atom. The minimum Gasteiger partial charge on any atom is -0.271 e. The van der Waals surface area contributed by atoms with Gasteiger partial charge in [-0.3, -0.25) is 10.5 Å². The van der Waals surface area contributed by atoms with E-state index in [0.29, 0.717) is 5.02 Å². The van der Waals surface area contributed by atoms with E-state index in [1.807, 2.05) is 31.3 Å². The van der Waals surface area contributed by atoms with Gasteiger partial charge in [-0.15, -0.1) is 0 Å². The van der Waals surface area contributed by atoms with E-state index < -0.39 is 0 Å². The lowest BCUT2D eigenvalue weighted by Crippen LogP contribution is -2.30. The summed E-state index contributed by atoms with van der Waals surface area (Å²) in [5.74, 6) is 5.63. The second-order valence-corrected chi connectivity index (χ2v) is 4.95. The van der Waals surface area contributed by atoms with Crippen molar-refractivity contribution in [1.82, 2.24) is 15.2 Å². The van der Waals surface area contributed by atoms with Gasteiger partial charge in [-0.2, -0.15) is 5.10 Å². The average Bonchev–Trinajstić information content (AvgIpc) is 2.62. The molecule has 1 aromatic heterocycles. The summed E-state index contributed by atoms with van der Waals surface area (Å²) in [6, 6.07) is 7.42. The van der Waals surface area contributed by atoms with Crippen LogP contribution in [-0.2, 0) is 7.05 Å². The van der Waals surface area contributed by atoms with Crippen LogP contribution in [0.25, 0.3) is 0 Å². The van der Waals surface area contributed by atoms with Crippen molar-refractivity contribution >= 4 is 27.5 Å². The van der Waals surface area contributed by atoms with Gasteiger partial charge in [0.1, 0.15) is 0 Å². The van der Waals surface area contributed by atoms with Gasteiger partial charge in [0.25, 0.3) is 0 Å². The molecule has 2 aromatic rings. The monoisotopic (exact) mass is 314 g/mol. The minimum absolute atomic E-state index is 0.157. The molecule has 0 radical (unpaired) electrons. The molecule has 4 nitrogen and oxygen atoms in total. The maximum atomic E-state index is 5.98. The molecule has 0 bridgehead atoms. The van der Waals surface area contributed by atoms with Crippen LogP contribution in [0.4, 0.5) is 0 Å². The molecule has 2 rings (SSSR count). The Morgan fingerprint density at radius 3 is 2.82 bits per heavy atom. The number of rotatable bonds is 3. The van der Waals surface area contributed by atoms with Crippen molar-refractivity contribution in [2.24, 2.45) is 12.9 Å². The number of aryl methyl sites for hydroxylation is 1. The molecule has 0 amide bonds. The maximum Gasteiger partial charge on any atom is 0.0890 e. The van der Waals surface area contributed by atoms with E-state index in [0.717, 1.165) is 15.7 Å². The standard InChI is InChI=1S/C11H12BrClN4/c1-17-11(9(12)6-15-17)10(16-14)7-3-2-4-8(13)5-7/h2-6,10,16H,14H2,1H3. The summed E-state index contributed by atoms with van der Waals surface area (Å²) >= 11 is 9.45. The zero-order valence-corrected chi connectivity index (χ0v) is 11.5. The summed E-state index contributed by atoms with van der Waals surface area (Å²) in [4.78, 5) is 0. The number of benzene rings is 1. The van der Waals surface area contributed by atoms with Gasteiger partial charge in [0.2, 0.25) is 0 Å². The summed E-state index contributed by atoms with van der Waals surface area (Å²) in [6.07, 6.45) is 1.74.